The number of hydrogen-bond donors (Lipinski definition) is 2. The Morgan fingerprint density at radius 1 is 1.16 bits per heavy atom. The maximum Gasteiger partial charge on any atom is 0.258 e. The number of H-pyrrole nitrogens is 1. The van der Waals surface area contributed by atoms with Crippen LogP contribution in [0, 0.1) is 11.7 Å². The Labute approximate surface area is 185 Å². The largest absolute Gasteiger partial charge is 0.334 e. The predicted molar refractivity (Wildman–Crippen MR) is 119 cm³/mol. The Balaban J connectivity index is 1.87. The number of sulfonamides is 1. The zero-order valence-corrected chi connectivity index (χ0v) is 18.8. The number of amides is 1. The molecule has 1 heterocycles. The molecule has 0 bridgehead atoms. The van der Waals surface area contributed by atoms with Crippen molar-refractivity contribution in [2.75, 3.05) is 6.54 Å². The van der Waals surface area contributed by atoms with Gasteiger partial charge in [-0.1, -0.05) is 38.1 Å². The molecule has 10 heteroatoms. The first kappa shape index (κ1) is 23.6. The standard InChI is InChI=1S/C22H25FN4O4S/c1-4-27(13-19-24-17-11-7-5-9-15(17)21(28)25-19)22(29)20(14(2)3)26-32(30,31)18-12-8-6-10-16(18)23/h5-12,14,20,26H,4,13H2,1-3H3,(H,24,25,28)/t20-/m0/s1. The average molecular weight is 461 g/mol. The van der Waals surface area contributed by atoms with Crippen molar-refractivity contribution in [3.8, 4) is 0 Å². The van der Waals surface area contributed by atoms with E-state index < -0.39 is 38.6 Å². The van der Waals surface area contributed by atoms with E-state index in [4.69, 9.17) is 0 Å². The number of aromatic amines is 1. The van der Waals surface area contributed by atoms with Crippen LogP contribution >= 0.6 is 0 Å². The second-order valence-electron chi connectivity index (χ2n) is 7.66. The first-order chi connectivity index (χ1) is 15.1. The van der Waals surface area contributed by atoms with Gasteiger partial charge < -0.3 is 9.88 Å². The summed E-state index contributed by atoms with van der Waals surface area (Å²) in [7, 11) is -4.28. The van der Waals surface area contributed by atoms with Crippen LogP contribution < -0.4 is 10.3 Å². The second kappa shape index (κ2) is 9.58. The predicted octanol–water partition coefficient (Wildman–Crippen LogP) is 2.41. The highest BCUT2D eigenvalue weighted by Crippen LogP contribution is 2.17. The third-order valence-electron chi connectivity index (χ3n) is 5.04. The lowest BCUT2D eigenvalue weighted by Crippen LogP contribution is -2.51. The van der Waals surface area contributed by atoms with Gasteiger partial charge in [-0.25, -0.2) is 17.8 Å². The van der Waals surface area contributed by atoms with Gasteiger partial charge in [-0.3, -0.25) is 9.59 Å². The normalized spacial score (nSPS) is 12.8. The number of nitrogens with zero attached hydrogens (tertiary/aromatic N) is 2. The van der Waals surface area contributed by atoms with Gasteiger partial charge in [0, 0.05) is 6.54 Å². The maximum absolute atomic E-state index is 14.1. The number of rotatable bonds is 8. The Hall–Kier alpha value is -3.11. The molecule has 3 rings (SSSR count). The van der Waals surface area contributed by atoms with E-state index in [1.807, 2.05) is 0 Å². The summed E-state index contributed by atoms with van der Waals surface area (Å²) in [6.45, 7) is 5.35. The monoisotopic (exact) mass is 460 g/mol. The molecular formula is C22H25FN4O4S. The highest BCUT2D eigenvalue weighted by molar-refractivity contribution is 7.89. The molecule has 3 aromatic rings. The second-order valence-corrected chi connectivity index (χ2v) is 9.34. The number of hydrogen-bond acceptors (Lipinski definition) is 5. The lowest BCUT2D eigenvalue weighted by atomic mass is 10.0. The van der Waals surface area contributed by atoms with Crippen LogP contribution in [0.25, 0.3) is 10.9 Å². The number of carbonyl (C=O) groups is 1. The van der Waals surface area contributed by atoms with Gasteiger partial charge in [-0.05, 0) is 37.1 Å². The molecule has 0 fully saturated rings. The molecule has 8 nitrogen and oxygen atoms in total. The summed E-state index contributed by atoms with van der Waals surface area (Å²) in [6, 6.07) is 10.7. The van der Waals surface area contributed by atoms with Crippen LogP contribution in [0.5, 0.6) is 0 Å². The zero-order chi connectivity index (χ0) is 23.5. The number of halogens is 1. The zero-order valence-electron chi connectivity index (χ0n) is 18.0. The lowest BCUT2D eigenvalue weighted by Gasteiger charge is -2.28. The molecule has 2 aromatic carbocycles. The minimum Gasteiger partial charge on any atom is -0.334 e. The van der Waals surface area contributed by atoms with E-state index in [1.165, 1.54) is 17.0 Å². The molecule has 32 heavy (non-hydrogen) atoms. The molecule has 1 amide bonds. The van der Waals surface area contributed by atoms with Crippen LogP contribution in [-0.2, 0) is 21.4 Å². The van der Waals surface area contributed by atoms with Gasteiger partial charge in [-0.2, -0.15) is 4.72 Å². The molecule has 0 aliphatic heterocycles. The Kier molecular flexibility index (Phi) is 7.05. The molecule has 0 aliphatic carbocycles. The smallest absolute Gasteiger partial charge is 0.258 e. The van der Waals surface area contributed by atoms with Crippen LogP contribution in [0.4, 0.5) is 4.39 Å². The van der Waals surface area contributed by atoms with E-state index in [1.54, 1.807) is 45.0 Å². The number of para-hydroxylation sites is 1. The van der Waals surface area contributed by atoms with Gasteiger partial charge in [0.15, 0.2) is 0 Å². The number of likely N-dealkylation sites (N-methyl/N-ethyl adjacent to an activating group) is 1. The van der Waals surface area contributed by atoms with Crippen molar-refractivity contribution in [2.24, 2.45) is 5.92 Å². The minimum atomic E-state index is -4.28. The minimum absolute atomic E-state index is 0.0138. The van der Waals surface area contributed by atoms with Crippen molar-refractivity contribution in [3.63, 3.8) is 0 Å². The molecule has 0 saturated heterocycles. The summed E-state index contributed by atoms with van der Waals surface area (Å²) in [5.74, 6) is -1.54. The molecule has 0 spiro atoms. The molecule has 0 saturated carbocycles. The average Bonchev–Trinajstić information content (AvgIpc) is 2.75. The van der Waals surface area contributed by atoms with Crippen molar-refractivity contribution in [3.05, 3.63) is 70.5 Å². The fourth-order valence-corrected chi connectivity index (χ4v) is 4.71. The van der Waals surface area contributed by atoms with Crippen molar-refractivity contribution in [2.45, 2.75) is 38.3 Å². The molecule has 0 aliphatic rings. The van der Waals surface area contributed by atoms with Crippen molar-refractivity contribution >= 4 is 26.8 Å². The Bertz CT molecular complexity index is 1290. The Morgan fingerprint density at radius 2 is 1.81 bits per heavy atom. The summed E-state index contributed by atoms with van der Waals surface area (Å²) in [5.41, 5.74) is 0.171. The van der Waals surface area contributed by atoms with E-state index in [-0.39, 0.29) is 24.5 Å². The van der Waals surface area contributed by atoms with E-state index in [2.05, 4.69) is 14.7 Å². The van der Waals surface area contributed by atoms with Gasteiger partial charge in [0.2, 0.25) is 15.9 Å². The van der Waals surface area contributed by atoms with Crippen LogP contribution in [0.15, 0.2) is 58.2 Å². The quantitative estimate of drug-likeness (QED) is 0.536. The van der Waals surface area contributed by atoms with Gasteiger partial charge in [0.1, 0.15) is 22.6 Å². The van der Waals surface area contributed by atoms with Crippen LogP contribution in [0.2, 0.25) is 0 Å². The molecule has 170 valence electrons. The Morgan fingerprint density at radius 3 is 2.47 bits per heavy atom. The molecule has 1 atom stereocenters. The summed E-state index contributed by atoms with van der Waals surface area (Å²) < 4.78 is 41.9. The number of benzene rings is 2. The SMILES string of the molecule is CCN(Cc1nc2ccccc2c(=O)[nH]1)C(=O)[C@@H](NS(=O)(=O)c1ccccc1F)C(C)C. The fourth-order valence-electron chi connectivity index (χ4n) is 3.30. The van der Waals surface area contributed by atoms with E-state index in [0.29, 0.717) is 10.9 Å². The maximum atomic E-state index is 14.1. The van der Waals surface area contributed by atoms with E-state index >= 15 is 0 Å². The van der Waals surface area contributed by atoms with Gasteiger partial charge in [-0.15, -0.1) is 0 Å². The highest BCUT2D eigenvalue weighted by Gasteiger charge is 2.32. The van der Waals surface area contributed by atoms with Crippen molar-refractivity contribution in [1.82, 2.24) is 19.6 Å². The van der Waals surface area contributed by atoms with Crippen LogP contribution in [-0.4, -0.2) is 41.8 Å². The molecule has 2 N–H and O–H groups in total. The van der Waals surface area contributed by atoms with Gasteiger partial charge in [0.05, 0.1) is 17.4 Å². The molecule has 1 aromatic heterocycles. The van der Waals surface area contributed by atoms with E-state index in [0.717, 1.165) is 12.1 Å². The summed E-state index contributed by atoms with van der Waals surface area (Å²) >= 11 is 0. The molecule has 0 unspecified atom stereocenters. The molecular weight excluding hydrogens is 435 g/mol. The highest BCUT2D eigenvalue weighted by atomic mass is 32.2. The summed E-state index contributed by atoms with van der Waals surface area (Å²) in [5, 5.41) is 0.434. The topological polar surface area (TPSA) is 112 Å². The van der Waals surface area contributed by atoms with Crippen LogP contribution in [0.3, 0.4) is 0 Å². The van der Waals surface area contributed by atoms with Gasteiger partial charge >= 0.3 is 0 Å². The lowest BCUT2D eigenvalue weighted by molar-refractivity contribution is -0.134. The van der Waals surface area contributed by atoms with Crippen molar-refractivity contribution < 1.29 is 17.6 Å². The number of carbonyl (C=O) groups excluding carboxylic acids is 1. The van der Waals surface area contributed by atoms with Crippen LogP contribution in [0.1, 0.15) is 26.6 Å². The first-order valence-corrected chi connectivity index (χ1v) is 11.7. The fraction of sp³-hybridized carbons (Fsp3) is 0.318. The third-order valence-corrected chi connectivity index (χ3v) is 6.51. The van der Waals surface area contributed by atoms with Crippen molar-refractivity contribution in [1.29, 1.82) is 0 Å². The van der Waals surface area contributed by atoms with Gasteiger partial charge in [0.25, 0.3) is 5.56 Å². The molecule has 0 radical (unpaired) electrons. The first-order valence-electron chi connectivity index (χ1n) is 10.2. The summed E-state index contributed by atoms with van der Waals surface area (Å²) in [4.78, 5) is 33.5. The number of nitrogens with one attached hydrogen (secondary N) is 2. The van der Waals surface area contributed by atoms with E-state index in [9.17, 15) is 22.4 Å². The summed E-state index contributed by atoms with van der Waals surface area (Å²) in [6.07, 6.45) is 0. The number of aromatic nitrogens is 2. The number of fused-ring (bicyclic) bond motifs is 1. The third kappa shape index (κ3) is 5.03.